The number of benzene rings is 2. The number of ether oxygens (including phenoxy) is 8. The Balaban J connectivity index is 0.811. The average Bonchev–Trinajstić information content (AvgIpc) is 4.10. The van der Waals surface area contributed by atoms with Gasteiger partial charge in [-0.05, 0) is 85.2 Å². The lowest BCUT2D eigenvalue weighted by Crippen LogP contribution is -2.46. The number of carbonyl (C=O) groups excluding carboxylic acids is 3. The number of hydrogen-bond donors (Lipinski definition) is 5. The first-order valence-electron chi connectivity index (χ1n) is 27.8. The van der Waals surface area contributed by atoms with E-state index in [0.29, 0.717) is 168 Å². The third-order valence-corrected chi connectivity index (χ3v) is 12.9. The molecule has 2 aromatic carbocycles. The van der Waals surface area contributed by atoms with Gasteiger partial charge in [-0.15, -0.1) is 0 Å². The maximum atomic E-state index is 14.2. The van der Waals surface area contributed by atoms with Crippen molar-refractivity contribution in [3.05, 3.63) is 107 Å². The van der Waals surface area contributed by atoms with E-state index in [0.717, 1.165) is 46.0 Å². The lowest BCUT2D eigenvalue weighted by atomic mass is 10.00. The quantitative estimate of drug-likeness (QED) is 0.0288. The Morgan fingerprint density at radius 3 is 1.91 bits per heavy atom. The summed E-state index contributed by atoms with van der Waals surface area (Å²) in [6.07, 6.45) is 8.22. The molecule has 0 aliphatic carbocycles. The van der Waals surface area contributed by atoms with Crippen LogP contribution in [0.3, 0.4) is 0 Å². The van der Waals surface area contributed by atoms with Gasteiger partial charge in [-0.2, -0.15) is 5.10 Å². The second-order valence-electron chi connectivity index (χ2n) is 18.9. The molecular weight excluding hydrogens is 1050 g/mol. The Kier molecular flexibility index (Phi) is 29.0. The lowest BCUT2D eigenvalue weighted by Gasteiger charge is -2.17. The summed E-state index contributed by atoms with van der Waals surface area (Å²) in [5.74, 6) is -0.586. The first kappa shape index (κ1) is 63.2. The zero-order valence-electron chi connectivity index (χ0n) is 46.4. The number of urea groups is 1. The first-order chi connectivity index (χ1) is 39.7. The van der Waals surface area contributed by atoms with Crippen molar-refractivity contribution in [1.82, 2.24) is 40.6 Å². The minimum atomic E-state index is -1.30. The number of carbonyl (C=O) groups is 4. The number of unbranched alkanes of at least 4 members (excludes halogenated alkanes) is 4. The van der Waals surface area contributed by atoms with Gasteiger partial charge in [0.15, 0.2) is 0 Å². The van der Waals surface area contributed by atoms with Crippen LogP contribution in [0.4, 0.5) is 15.3 Å². The first-order valence-corrected chi connectivity index (χ1v) is 27.8. The fraction of sp³-hybridized carbons (Fsp3) is 0.517. The minimum Gasteiger partial charge on any atom is -0.465 e. The van der Waals surface area contributed by atoms with Gasteiger partial charge in [0, 0.05) is 81.5 Å². The van der Waals surface area contributed by atoms with Crippen molar-refractivity contribution >= 4 is 40.5 Å². The zero-order valence-corrected chi connectivity index (χ0v) is 46.4. The number of carboxylic acid groups (broad SMARTS) is 1. The molecule has 1 unspecified atom stereocenters. The summed E-state index contributed by atoms with van der Waals surface area (Å²) in [4.78, 5) is 74.6. The summed E-state index contributed by atoms with van der Waals surface area (Å²) in [5.41, 5.74) is 5.85. The number of anilines is 1. The molecule has 0 spiro atoms. The van der Waals surface area contributed by atoms with E-state index in [2.05, 4.69) is 31.2 Å². The highest BCUT2D eigenvalue weighted by atomic mass is 16.6. The van der Waals surface area contributed by atoms with Gasteiger partial charge in [0.25, 0.3) is 5.56 Å². The van der Waals surface area contributed by atoms with Crippen molar-refractivity contribution < 1.29 is 62.2 Å². The van der Waals surface area contributed by atoms with Crippen molar-refractivity contribution in [2.45, 2.75) is 77.0 Å². The summed E-state index contributed by atoms with van der Waals surface area (Å²) in [6, 6.07) is 19.4. The molecule has 0 bridgehead atoms. The fourth-order valence-electron chi connectivity index (χ4n) is 8.67. The van der Waals surface area contributed by atoms with Crippen LogP contribution in [0.15, 0.2) is 90.1 Å². The second-order valence-corrected chi connectivity index (χ2v) is 18.9. The molecule has 3 aromatic heterocycles. The Bertz CT molecular complexity index is 2700. The Labute approximate surface area is 472 Å². The summed E-state index contributed by atoms with van der Waals surface area (Å²) in [6.45, 7) is 8.82. The molecule has 1 aliphatic rings. The number of rotatable bonds is 41. The van der Waals surface area contributed by atoms with E-state index in [4.69, 9.17) is 43.0 Å². The van der Waals surface area contributed by atoms with Gasteiger partial charge in [-0.1, -0.05) is 43.2 Å². The number of fused-ring (bicyclic) bond motifs is 2. The number of amides is 5. The number of hydrogen-bond acceptors (Lipinski definition) is 16. The maximum Gasteiger partial charge on any atom is 0.405 e. The van der Waals surface area contributed by atoms with E-state index in [9.17, 15) is 29.1 Å². The number of pyridine rings is 2. The van der Waals surface area contributed by atoms with Gasteiger partial charge in [-0.3, -0.25) is 24.4 Å². The van der Waals surface area contributed by atoms with Crippen LogP contribution in [0.25, 0.3) is 33.3 Å². The molecule has 0 saturated heterocycles. The Hall–Kier alpha value is -6.96. The van der Waals surface area contributed by atoms with Crippen LogP contribution in [0.5, 0.6) is 0 Å². The predicted octanol–water partition coefficient (Wildman–Crippen LogP) is 5.82. The monoisotopic (exact) mass is 1130 g/mol. The van der Waals surface area contributed by atoms with Crippen LogP contribution in [0, 0.1) is 0 Å². The van der Waals surface area contributed by atoms with Gasteiger partial charge in [0.2, 0.25) is 11.8 Å². The predicted molar refractivity (Wildman–Crippen MR) is 303 cm³/mol. The highest BCUT2D eigenvalue weighted by Gasteiger charge is 2.24. The van der Waals surface area contributed by atoms with E-state index >= 15 is 0 Å². The van der Waals surface area contributed by atoms with Gasteiger partial charge in [-0.25, -0.2) is 14.3 Å². The van der Waals surface area contributed by atoms with E-state index in [-0.39, 0.29) is 36.9 Å². The molecule has 5 amide bonds. The molecule has 5 N–H and O–H groups in total. The molecule has 23 nitrogen and oxygen atoms in total. The molecule has 0 radical (unpaired) electrons. The normalized spacial score (nSPS) is 12.3. The van der Waals surface area contributed by atoms with E-state index in [1.165, 1.54) is 4.68 Å². The fourth-order valence-corrected chi connectivity index (χ4v) is 8.67. The van der Waals surface area contributed by atoms with Crippen molar-refractivity contribution in [2.24, 2.45) is 0 Å². The van der Waals surface area contributed by atoms with Crippen molar-refractivity contribution in [3.8, 4) is 22.4 Å². The Morgan fingerprint density at radius 2 is 1.26 bits per heavy atom. The van der Waals surface area contributed by atoms with Crippen molar-refractivity contribution in [3.63, 3.8) is 0 Å². The minimum absolute atomic E-state index is 0.171. The maximum absolute atomic E-state index is 14.2. The summed E-state index contributed by atoms with van der Waals surface area (Å²) in [7, 11) is 1.63. The number of aromatic nitrogens is 4. The van der Waals surface area contributed by atoms with Crippen LogP contribution in [0.2, 0.25) is 0 Å². The molecule has 81 heavy (non-hydrogen) atoms. The van der Waals surface area contributed by atoms with Crippen molar-refractivity contribution in [1.29, 1.82) is 0 Å². The smallest absolute Gasteiger partial charge is 0.405 e. The van der Waals surface area contributed by atoms with Crippen molar-refractivity contribution in [2.75, 3.05) is 125 Å². The largest absolute Gasteiger partial charge is 0.465 e. The number of nitrogens with one attached hydrogen (secondary N) is 4. The number of nitrogens with zero attached hydrogens (tertiary/aromatic N) is 5. The molecule has 0 saturated carbocycles. The van der Waals surface area contributed by atoms with E-state index in [1.54, 1.807) is 36.7 Å². The van der Waals surface area contributed by atoms with E-state index in [1.807, 2.05) is 60.7 Å². The van der Waals surface area contributed by atoms with Gasteiger partial charge in [0.1, 0.15) is 6.04 Å². The third-order valence-electron chi connectivity index (χ3n) is 12.9. The lowest BCUT2D eigenvalue weighted by molar-refractivity contribution is -0.123. The highest BCUT2D eigenvalue weighted by Crippen LogP contribution is 2.29. The van der Waals surface area contributed by atoms with Crippen LogP contribution in [0.1, 0.15) is 62.5 Å². The Morgan fingerprint density at radius 1 is 0.642 bits per heavy atom. The summed E-state index contributed by atoms with van der Waals surface area (Å²) in [5, 5.41) is 26.1. The molecule has 5 aromatic rings. The average molecular weight is 1130 g/mol. The molecule has 440 valence electrons. The summed E-state index contributed by atoms with van der Waals surface area (Å²) < 4.78 is 44.6. The zero-order chi connectivity index (χ0) is 57.1. The van der Waals surface area contributed by atoms with Crippen LogP contribution in [-0.4, -0.2) is 179 Å². The topological polar surface area (TPSA) is 274 Å². The van der Waals surface area contributed by atoms with E-state index < -0.39 is 18.0 Å². The van der Waals surface area contributed by atoms with Crippen LogP contribution in [-0.2, 0) is 67.1 Å². The van der Waals surface area contributed by atoms with Crippen LogP contribution >= 0.6 is 0 Å². The molecule has 23 heteroatoms. The number of aryl methyl sites for hydroxylation is 1. The van der Waals surface area contributed by atoms with Gasteiger partial charge in [0.05, 0.1) is 116 Å². The molecule has 0 fully saturated rings. The molecule has 1 atom stereocenters. The highest BCUT2D eigenvalue weighted by molar-refractivity contribution is 5.95. The summed E-state index contributed by atoms with van der Waals surface area (Å²) >= 11 is 0. The van der Waals surface area contributed by atoms with Gasteiger partial charge < -0.3 is 69.2 Å². The third kappa shape index (κ3) is 23.2. The molecule has 4 heterocycles. The SMILES string of the molecule is COCCOCCOCCOCCOCCOCCOCCOCCC(=O)NCCCCC(NC(=O)O)C(=O)NCCCCCCn1nc(-c2ccc(NC(=O)N3Cc4ccncc4C3)cc2)cc(-c2cccc3ncccc23)c1=O. The standard InChI is InChI=1S/C58H79N9O14/c1-74-26-27-76-30-31-78-34-35-80-38-39-81-37-36-79-33-32-77-29-28-75-25-19-54(68)61-20-6-4-12-52(64-58(72)73)55(69)62-21-5-2-3-7-24-67-56(70)50(48-10-8-13-51-49(48)11-9-22-60-51)40-53(65-67)44-14-16-47(17-15-44)63-57(71)66-42-45-18-23-59-41-46(45)43-66/h8-11,13-18,22-23,40-41,52,64H,2-7,12,19-21,24-39,42-43H2,1H3,(H,61,68)(H,62,69)(H,63,71)(H,72,73). The van der Waals surface area contributed by atoms with Crippen LogP contribution < -0.4 is 26.8 Å². The second kappa shape index (κ2) is 37.1. The van der Waals surface area contributed by atoms with Gasteiger partial charge >= 0.3 is 12.1 Å². The molecule has 6 rings (SSSR count). The number of methoxy groups -OCH3 is 1. The molecular formula is C58H79N9O14. The molecule has 1 aliphatic heterocycles.